The number of hydrogen-bond donors (Lipinski definition) is 0. The molecular formula is C16H25BN2O4. The third-order valence-corrected chi connectivity index (χ3v) is 4.65. The molecule has 0 bridgehead atoms. The van der Waals surface area contributed by atoms with E-state index in [1.54, 1.807) is 12.3 Å². The Hall–Kier alpha value is -1.60. The molecule has 0 aliphatic carbocycles. The second-order valence-electron chi connectivity index (χ2n) is 6.73. The summed E-state index contributed by atoms with van der Waals surface area (Å²) in [6, 6.07) is 1.74. The Morgan fingerprint density at radius 1 is 1.30 bits per heavy atom. The van der Waals surface area contributed by atoms with Crippen molar-refractivity contribution < 1.29 is 18.8 Å². The molecule has 0 aromatic carbocycles. The molecule has 7 heteroatoms. The summed E-state index contributed by atoms with van der Waals surface area (Å²) in [6.07, 6.45) is 1.69. The van der Waals surface area contributed by atoms with Gasteiger partial charge in [-0.3, -0.25) is 0 Å². The molecule has 1 fully saturated rings. The lowest BCUT2D eigenvalue weighted by Crippen LogP contribution is -2.41. The van der Waals surface area contributed by atoms with Crippen LogP contribution in [0.1, 0.15) is 45.0 Å². The first-order valence-corrected chi connectivity index (χ1v) is 7.78. The van der Waals surface area contributed by atoms with Crippen molar-refractivity contribution in [2.45, 2.75) is 45.8 Å². The van der Waals surface area contributed by atoms with Gasteiger partial charge in [-0.25, -0.2) is 9.78 Å². The molecule has 0 unspecified atom stereocenters. The van der Waals surface area contributed by atoms with Crippen LogP contribution in [0.2, 0.25) is 0 Å². The molecule has 0 saturated carbocycles. The first-order valence-electron chi connectivity index (χ1n) is 7.78. The Labute approximate surface area is 138 Å². The summed E-state index contributed by atoms with van der Waals surface area (Å²) in [5, 5.41) is 0. The van der Waals surface area contributed by atoms with Crippen LogP contribution in [-0.2, 0) is 14.0 Å². The SMILES string of the molecule is CCN(C)c1ncc(B2OC(C)(C)C(C)(C)O2)cc1C(=O)OC. The van der Waals surface area contributed by atoms with Crippen LogP contribution >= 0.6 is 0 Å². The van der Waals surface area contributed by atoms with E-state index < -0.39 is 24.3 Å². The number of rotatable bonds is 4. The summed E-state index contributed by atoms with van der Waals surface area (Å²) >= 11 is 0. The quantitative estimate of drug-likeness (QED) is 0.621. The number of methoxy groups -OCH3 is 1. The molecule has 1 saturated heterocycles. The summed E-state index contributed by atoms with van der Waals surface area (Å²) in [4.78, 5) is 18.4. The van der Waals surface area contributed by atoms with Gasteiger partial charge in [-0.05, 0) is 40.7 Å². The number of nitrogens with zero attached hydrogens (tertiary/aromatic N) is 2. The fourth-order valence-electron chi connectivity index (χ4n) is 2.30. The van der Waals surface area contributed by atoms with Gasteiger partial charge in [0.15, 0.2) is 0 Å². The number of ether oxygens (including phenoxy) is 1. The van der Waals surface area contributed by atoms with Crippen molar-refractivity contribution in [2.24, 2.45) is 0 Å². The van der Waals surface area contributed by atoms with Crippen LogP contribution in [0.15, 0.2) is 12.3 Å². The highest BCUT2D eigenvalue weighted by Gasteiger charge is 2.52. The van der Waals surface area contributed by atoms with Crippen LogP contribution in [0, 0.1) is 0 Å². The molecule has 23 heavy (non-hydrogen) atoms. The van der Waals surface area contributed by atoms with Crippen molar-refractivity contribution in [1.82, 2.24) is 4.98 Å². The van der Waals surface area contributed by atoms with Gasteiger partial charge >= 0.3 is 13.1 Å². The molecule has 6 nitrogen and oxygen atoms in total. The van der Waals surface area contributed by atoms with Crippen molar-refractivity contribution in [3.05, 3.63) is 17.8 Å². The monoisotopic (exact) mass is 320 g/mol. The van der Waals surface area contributed by atoms with Crippen molar-refractivity contribution in [2.75, 3.05) is 25.6 Å². The first-order chi connectivity index (χ1) is 10.6. The lowest BCUT2D eigenvalue weighted by atomic mass is 9.79. The van der Waals surface area contributed by atoms with Crippen molar-refractivity contribution in [3.8, 4) is 0 Å². The lowest BCUT2D eigenvalue weighted by Gasteiger charge is -2.32. The summed E-state index contributed by atoms with van der Waals surface area (Å²) in [5.41, 5.74) is 0.227. The van der Waals surface area contributed by atoms with Crippen LogP contribution in [-0.4, -0.2) is 50.0 Å². The fraction of sp³-hybridized carbons (Fsp3) is 0.625. The van der Waals surface area contributed by atoms with Crippen LogP contribution in [0.4, 0.5) is 5.82 Å². The highest BCUT2D eigenvalue weighted by Crippen LogP contribution is 2.36. The minimum atomic E-state index is -0.558. The van der Waals surface area contributed by atoms with Gasteiger partial charge in [0.25, 0.3) is 0 Å². The van der Waals surface area contributed by atoms with E-state index in [0.29, 0.717) is 16.8 Å². The molecule has 1 aromatic rings. The maximum absolute atomic E-state index is 12.1. The van der Waals surface area contributed by atoms with Gasteiger partial charge < -0.3 is 18.9 Å². The number of esters is 1. The molecular weight excluding hydrogens is 295 g/mol. The fourth-order valence-corrected chi connectivity index (χ4v) is 2.30. The highest BCUT2D eigenvalue weighted by atomic mass is 16.7. The second kappa shape index (κ2) is 6.13. The zero-order chi connectivity index (χ0) is 17.4. The molecule has 0 spiro atoms. The number of pyridine rings is 1. The van der Waals surface area contributed by atoms with E-state index in [4.69, 9.17) is 14.0 Å². The maximum Gasteiger partial charge on any atom is 0.496 e. The van der Waals surface area contributed by atoms with Crippen LogP contribution in [0.3, 0.4) is 0 Å². The molecule has 126 valence electrons. The lowest BCUT2D eigenvalue weighted by molar-refractivity contribution is 0.00578. The molecule has 0 radical (unpaired) electrons. The first kappa shape index (κ1) is 17.8. The molecule has 2 heterocycles. The normalized spacial score (nSPS) is 18.8. The zero-order valence-corrected chi connectivity index (χ0v) is 15.0. The van der Waals surface area contributed by atoms with E-state index in [1.165, 1.54) is 7.11 Å². The van der Waals surface area contributed by atoms with Gasteiger partial charge in [-0.15, -0.1) is 0 Å². The number of hydrogen-bond acceptors (Lipinski definition) is 6. The van der Waals surface area contributed by atoms with Crippen LogP contribution in [0.5, 0.6) is 0 Å². The minimum absolute atomic E-state index is 0.407. The van der Waals surface area contributed by atoms with Gasteiger partial charge in [-0.1, -0.05) is 0 Å². The van der Waals surface area contributed by atoms with Crippen LogP contribution in [0.25, 0.3) is 0 Å². The molecule has 0 atom stereocenters. The van der Waals surface area contributed by atoms with Gasteiger partial charge in [0, 0.05) is 25.3 Å². The zero-order valence-electron chi connectivity index (χ0n) is 15.0. The largest absolute Gasteiger partial charge is 0.496 e. The van der Waals surface area contributed by atoms with E-state index in [-0.39, 0.29) is 0 Å². The van der Waals surface area contributed by atoms with Gasteiger partial charge in [0.1, 0.15) is 11.4 Å². The van der Waals surface area contributed by atoms with E-state index in [0.717, 1.165) is 6.54 Å². The summed E-state index contributed by atoms with van der Waals surface area (Å²) < 4.78 is 16.9. The second-order valence-corrected chi connectivity index (χ2v) is 6.73. The van der Waals surface area contributed by atoms with Crippen molar-refractivity contribution in [3.63, 3.8) is 0 Å². The van der Waals surface area contributed by atoms with E-state index in [9.17, 15) is 4.79 Å². The molecule has 0 amide bonds. The Morgan fingerprint density at radius 3 is 2.35 bits per heavy atom. The van der Waals surface area contributed by atoms with E-state index >= 15 is 0 Å². The van der Waals surface area contributed by atoms with Crippen LogP contribution < -0.4 is 10.4 Å². The highest BCUT2D eigenvalue weighted by molar-refractivity contribution is 6.62. The smallest absolute Gasteiger partial charge is 0.465 e. The summed E-state index contributed by atoms with van der Waals surface area (Å²) in [6.45, 7) is 10.7. The van der Waals surface area contributed by atoms with Crippen molar-refractivity contribution >= 4 is 24.4 Å². The maximum atomic E-state index is 12.1. The number of carbonyl (C=O) groups is 1. The molecule has 1 aromatic heterocycles. The molecule has 1 aliphatic rings. The Balaban J connectivity index is 2.41. The third-order valence-electron chi connectivity index (χ3n) is 4.65. The van der Waals surface area contributed by atoms with Crippen molar-refractivity contribution in [1.29, 1.82) is 0 Å². The number of aromatic nitrogens is 1. The average Bonchev–Trinajstić information content (AvgIpc) is 2.73. The number of anilines is 1. The Morgan fingerprint density at radius 2 is 1.87 bits per heavy atom. The van der Waals surface area contributed by atoms with E-state index in [2.05, 4.69) is 4.98 Å². The molecule has 2 rings (SSSR count). The molecule has 1 aliphatic heterocycles. The third kappa shape index (κ3) is 3.21. The Kier molecular flexibility index (Phi) is 4.73. The van der Waals surface area contributed by atoms with Gasteiger partial charge in [0.05, 0.1) is 18.3 Å². The standard InChI is InChI=1S/C16H25BN2O4/c1-8-19(6)13-12(14(20)21-7)9-11(10-18-13)17-22-15(2,3)16(4,5)23-17/h9-10H,8H2,1-7H3. The summed E-state index contributed by atoms with van der Waals surface area (Å²) in [5.74, 6) is 0.158. The minimum Gasteiger partial charge on any atom is -0.465 e. The predicted molar refractivity (Wildman–Crippen MR) is 90.2 cm³/mol. The summed E-state index contributed by atoms with van der Waals surface area (Å²) in [7, 11) is 2.68. The van der Waals surface area contributed by atoms with Gasteiger partial charge in [-0.2, -0.15) is 0 Å². The van der Waals surface area contributed by atoms with Gasteiger partial charge in [0.2, 0.25) is 0 Å². The van der Waals surface area contributed by atoms with E-state index in [1.807, 2.05) is 46.6 Å². The Bertz CT molecular complexity index is 588. The predicted octanol–water partition coefficient (Wildman–Crippen LogP) is 1.62. The molecule has 0 N–H and O–H groups in total. The number of carbonyl (C=O) groups excluding carboxylic acids is 1. The average molecular weight is 320 g/mol. The topological polar surface area (TPSA) is 60.9 Å².